The molecule has 0 aliphatic carbocycles. The van der Waals surface area contributed by atoms with Crippen molar-refractivity contribution in [2.75, 3.05) is 13.7 Å². The maximum atomic E-state index is 5.23. The number of methoxy groups -OCH3 is 1. The van der Waals surface area contributed by atoms with E-state index in [1.165, 1.54) is 5.56 Å². The van der Waals surface area contributed by atoms with Gasteiger partial charge in [-0.05, 0) is 36.6 Å². The first kappa shape index (κ1) is 15.6. The van der Waals surface area contributed by atoms with Crippen LogP contribution in [0.4, 0.5) is 0 Å². The van der Waals surface area contributed by atoms with Gasteiger partial charge in [-0.25, -0.2) is 4.98 Å². The molecule has 0 radical (unpaired) electrons. The molecule has 1 atom stereocenters. The van der Waals surface area contributed by atoms with Gasteiger partial charge < -0.3 is 14.6 Å². The standard InChI is InChI=1S/C17H25N3O/c1-13(2)9-10-18-16(17-19-11-12-20(17)3)14-5-7-15(21-4)8-6-14/h5-8,11-13,16,18H,9-10H2,1-4H3. The van der Waals surface area contributed by atoms with E-state index in [-0.39, 0.29) is 6.04 Å². The second kappa shape index (κ2) is 7.27. The van der Waals surface area contributed by atoms with E-state index in [1.807, 2.05) is 31.6 Å². The quantitative estimate of drug-likeness (QED) is 0.850. The van der Waals surface area contributed by atoms with Crippen LogP contribution >= 0.6 is 0 Å². The Morgan fingerprint density at radius 3 is 2.48 bits per heavy atom. The second-order valence-electron chi connectivity index (χ2n) is 5.74. The van der Waals surface area contributed by atoms with Gasteiger partial charge in [-0.15, -0.1) is 0 Å². The Kier molecular flexibility index (Phi) is 5.39. The Morgan fingerprint density at radius 1 is 1.24 bits per heavy atom. The highest BCUT2D eigenvalue weighted by Crippen LogP contribution is 2.23. The number of aryl methyl sites for hydroxylation is 1. The lowest BCUT2D eigenvalue weighted by Crippen LogP contribution is -2.26. The van der Waals surface area contributed by atoms with Gasteiger partial charge in [0, 0.05) is 19.4 Å². The van der Waals surface area contributed by atoms with Gasteiger partial charge in [-0.1, -0.05) is 26.0 Å². The molecule has 1 N–H and O–H groups in total. The van der Waals surface area contributed by atoms with Crippen LogP contribution in [0.1, 0.15) is 37.7 Å². The Labute approximate surface area is 127 Å². The van der Waals surface area contributed by atoms with Crippen molar-refractivity contribution in [1.29, 1.82) is 0 Å². The van der Waals surface area contributed by atoms with Crippen molar-refractivity contribution >= 4 is 0 Å². The van der Waals surface area contributed by atoms with E-state index in [9.17, 15) is 0 Å². The highest BCUT2D eigenvalue weighted by atomic mass is 16.5. The lowest BCUT2D eigenvalue weighted by atomic mass is 10.0. The summed E-state index contributed by atoms with van der Waals surface area (Å²) < 4.78 is 7.30. The smallest absolute Gasteiger partial charge is 0.130 e. The molecule has 0 fully saturated rings. The van der Waals surface area contributed by atoms with Gasteiger partial charge in [0.15, 0.2) is 0 Å². The molecule has 0 saturated carbocycles. The molecule has 1 aromatic carbocycles. The van der Waals surface area contributed by atoms with Gasteiger partial charge in [-0.3, -0.25) is 0 Å². The zero-order chi connectivity index (χ0) is 15.2. The Hall–Kier alpha value is -1.81. The van der Waals surface area contributed by atoms with Crippen LogP contribution in [0.2, 0.25) is 0 Å². The molecule has 4 heteroatoms. The number of rotatable bonds is 7. The molecule has 0 spiro atoms. The molecule has 1 aromatic heterocycles. The summed E-state index contributed by atoms with van der Waals surface area (Å²) >= 11 is 0. The van der Waals surface area contributed by atoms with Crippen LogP contribution in [0.25, 0.3) is 0 Å². The summed E-state index contributed by atoms with van der Waals surface area (Å²) in [5.74, 6) is 2.60. The van der Waals surface area contributed by atoms with Crippen molar-refractivity contribution in [1.82, 2.24) is 14.9 Å². The molecular formula is C17H25N3O. The predicted octanol–water partition coefficient (Wildman–Crippen LogP) is 3.15. The largest absolute Gasteiger partial charge is 0.497 e. The zero-order valence-electron chi connectivity index (χ0n) is 13.3. The van der Waals surface area contributed by atoms with E-state index in [1.54, 1.807) is 7.11 Å². The van der Waals surface area contributed by atoms with Gasteiger partial charge >= 0.3 is 0 Å². The van der Waals surface area contributed by atoms with E-state index in [2.05, 4.69) is 40.8 Å². The summed E-state index contributed by atoms with van der Waals surface area (Å²) in [4.78, 5) is 4.50. The molecule has 0 bridgehead atoms. The molecule has 1 unspecified atom stereocenters. The van der Waals surface area contributed by atoms with E-state index < -0.39 is 0 Å². The van der Waals surface area contributed by atoms with Crippen molar-refractivity contribution < 1.29 is 4.74 Å². The number of hydrogen-bond donors (Lipinski definition) is 1. The predicted molar refractivity (Wildman–Crippen MR) is 85.5 cm³/mol. The third kappa shape index (κ3) is 4.08. The molecule has 2 aromatic rings. The van der Waals surface area contributed by atoms with Crippen molar-refractivity contribution in [2.24, 2.45) is 13.0 Å². The number of ether oxygens (including phenoxy) is 1. The van der Waals surface area contributed by atoms with E-state index in [0.717, 1.165) is 24.5 Å². The van der Waals surface area contributed by atoms with Crippen molar-refractivity contribution in [2.45, 2.75) is 26.3 Å². The highest BCUT2D eigenvalue weighted by molar-refractivity contribution is 5.32. The molecule has 0 aliphatic heterocycles. The normalized spacial score (nSPS) is 12.6. The molecule has 0 amide bonds. The van der Waals surface area contributed by atoms with Crippen molar-refractivity contribution in [3.8, 4) is 5.75 Å². The average Bonchev–Trinajstić information content (AvgIpc) is 2.90. The fourth-order valence-electron chi connectivity index (χ4n) is 2.33. The number of imidazole rings is 1. The number of benzene rings is 1. The summed E-state index contributed by atoms with van der Waals surface area (Å²) in [7, 11) is 3.72. The van der Waals surface area contributed by atoms with Crippen LogP contribution in [0, 0.1) is 5.92 Å². The number of nitrogens with zero attached hydrogens (tertiary/aromatic N) is 2. The Balaban J connectivity index is 2.20. The lowest BCUT2D eigenvalue weighted by molar-refractivity contribution is 0.414. The van der Waals surface area contributed by atoms with E-state index >= 15 is 0 Å². The summed E-state index contributed by atoms with van der Waals surface area (Å²) in [6.07, 6.45) is 4.98. The molecule has 0 aliphatic rings. The van der Waals surface area contributed by atoms with Gasteiger partial charge in [0.05, 0.1) is 13.2 Å². The Morgan fingerprint density at radius 2 is 1.95 bits per heavy atom. The first-order valence-electron chi connectivity index (χ1n) is 7.46. The summed E-state index contributed by atoms with van der Waals surface area (Å²) in [5, 5.41) is 3.62. The fraction of sp³-hybridized carbons (Fsp3) is 0.471. The molecule has 2 rings (SSSR count). The first-order valence-corrected chi connectivity index (χ1v) is 7.46. The topological polar surface area (TPSA) is 39.1 Å². The number of aromatic nitrogens is 2. The zero-order valence-corrected chi connectivity index (χ0v) is 13.3. The lowest BCUT2D eigenvalue weighted by Gasteiger charge is -2.20. The van der Waals surface area contributed by atoms with E-state index in [4.69, 9.17) is 4.74 Å². The fourth-order valence-corrected chi connectivity index (χ4v) is 2.33. The number of nitrogens with one attached hydrogen (secondary N) is 1. The maximum absolute atomic E-state index is 5.23. The minimum atomic E-state index is 0.106. The highest BCUT2D eigenvalue weighted by Gasteiger charge is 2.17. The third-order valence-electron chi connectivity index (χ3n) is 3.64. The van der Waals surface area contributed by atoms with Crippen LogP contribution in [-0.2, 0) is 7.05 Å². The molecule has 0 saturated heterocycles. The van der Waals surface area contributed by atoms with Crippen LogP contribution in [0.15, 0.2) is 36.7 Å². The van der Waals surface area contributed by atoms with Gasteiger partial charge in [0.25, 0.3) is 0 Å². The van der Waals surface area contributed by atoms with Gasteiger partial charge in [-0.2, -0.15) is 0 Å². The van der Waals surface area contributed by atoms with Crippen LogP contribution in [-0.4, -0.2) is 23.2 Å². The molecular weight excluding hydrogens is 262 g/mol. The minimum absolute atomic E-state index is 0.106. The van der Waals surface area contributed by atoms with Gasteiger partial charge in [0.2, 0.25) is 0 Å². The third-order valence-corrected chi connectivity index (χ3v) is 3.64. The number of hydrogen-bond acceptors (Lipinski definition) is 3. The van der Waals surface area contributed by atoms with Crippen LogP contribution < -0.4 is 10.1 Å². The second-order valence-corrected chi connectivity index (χ2v) is 5.74. The van der Waals surface area contributed by atoms with Gasteiger partial charge in [0.1, 0.15) is 11.6 Å². The Bertz CT molecular complexity index is 545. The molecule has 114 valence electrons. The van der Waals surface area contributed by atoms with Crippen molar-refractivity contribution in [3.63, 3.8) is 0 Å². The molecule has 1 heterocycles. The first-order chi connectivity index (χ1) is 10.1. The summed E-state index contributed by atoms with van der Waals surface area (Å²) in [6.45, 7) is 5.46. The van der Waals surface area contributed by atoms with Crippen LogP contribution in [0.3, 0.4) is 0 Å². The van der Waals surface area contributed by atoms with E-state index in [0.29, 0.717) is 5.92 Å². The minimum Gasteiger partial charge on any atom is -0.497 e. The van der Waals surface area contributed by atoms with Crippen LogP contribution in [0.5, 0.6) is 5.75 Å². The monoisotopic (exact) mass is 287 g/mol. The molecule has 4 nitrogen and oxygen atoms in total. The summed E-state index contributed by atoms with van der Waals surface area (Å²) in [6, 6.07) is 8.29. The van der Waals surface area contributed by atoms with Crippen molar-refractivity contribution in [3.05, 3.63) is 48.0 Å². The maximum Gasteiger partial charge on any atom is 0.130 e. The summed E-state index contributed by atoms with van der Waals surface area (Å²) in [5.41, 5.74) is 1.20. The average molecular weight is 287 g/mol. The molecule has 21 heavy (non-hydrogen) atoms. The SMILES string of the molecule is COc1ccc(C(NCCC(C)C)c2nccn2C)cc1.